The predicted octanol–water partition coefficient (Wildman–Crippen LogP) is 3.06. The van der Waals surface area contributed by atoms with E-state index in [0.29, 0.717) is 30.7 Å². The number of benzene rings is 1. The summed E-state index contributed by atoms with van der Waals surface area (Å²) in [6.45, 7) is 6.06. The Hall–Kier alpha value is -2.12. The number of nitrogens with zero attached hydrogens (tertiary/aromatic N) is 1. The summed E-state index contributed by atoms with van der Waals surface area (Å²) in [5, 5.41) is 18.5. The maximum atomic E-state index is 12.9. The van der Waals surface area contributed by atoms with Gasteiger partial charge in [0.2, 0.25) is 0 Å². The highest BCUT2D eigenvalue weighted by Crippen LogP contribution is 2.14. The molecular formula is C20H28FN3O2S. The Morgan fingerprint density at radius 2 is 2.04 bits per heavy atom. The van der Waals surface area contributed by atoms with Crippen molar-refractivity contribution in [2.24, 2.45) is 10.9 Å². The molecule has 0 saturated carbocycles. The summed E-state index contributed by atoms with van der Waals surface area (Å²) in [4.78, 5) is 5.96. The van der Waals surface area contributed by atoms with Crippen LogP contribution in [-0.2, 0) is 6.42 Å². The number of aliphatic hydroxyl groups is 1. The Balaban J connectivity index is 1.74. The molecule has 148 valence electrons. The first-order valence-corrected chi connectivity index (χ1v) is 10.1. The molecule has 27 heavy (non-hydrogen) atoms. The number of ether oxygens (including phenoxy) is 1. The van der Waals surface area contributed by atoms with Gasteiger partial charge in [0.1, 0.15) is 24.3 Å². The van der Waals surface area contributed by atoms with E-state index >= 15 is 0 Å². The highest BCUT2D eigenvalue weighted by molar-refractivity contribution is 7.09. The number of aliphatic imine (C=N–C) groups is 1. The lowest BCUT2D eigenvalue weighted by Crippen LogP contribution is -2.42. The summed E-state index contributed by atoms with van der Waals surface area (Å²) in [7, 11) is 0. The summed E-state index contributed by atoms with van der Waals surface area (Å²) >= 11 is 1.77. The van der Waals surface area contributed by atoms with E-state index in [2.05, 4.69) is 40.1 Å². The monoisotopic (exact) mass is 393 g/mol. The lowest BCUT2D eigenvalue weighted by Gasteiger charge is -2.16. The topological polar surface area (TPSA) is 65.9 Å². The van der Waals surface area contributed by atoms with Crippen molar-refractivity contribution in [3.05, 3.63) is 52.5 Å². The van der Waals surface area contributed by atoms with Crippen molar-refractivity contribution < 1.29 is 14.2 Å². The maximum Gasteiger partial charge on any atom is 0.191 e. The zero-order valence-corrected chi connectivity index (χ0v) is 16.6. The molecule has 2 unspecified atom stereocenters. The zero-order valence-electron chi connectivity index (χ0n) is 15.8. The Kier molecular flexibility index (Phi) is 9.07. The van der Waals surface area contributed by atoms with Crippen molar-refractivity contribution in [1.29, 1.82) is 0 Å². The second kappa shape index (κ2) is 11.6. The van der Waals surface area contributed by atoms with Crippen LogP contribution in [0.3, 0.4) is 0 Å². The van der Waals surface area contributed by atoms with Gasteiger partial charge in [0.25, 0.3) is 0 Å². The highest BCUT2D eigenvalue weighted by Gasteiger charge is 2.08. The molecule has 0 saturated heterocycles. The molecule has 0 radical (unpaired) electrons. The molecule has 0 aliphatic heterocycles. The van der Waals surface area contributed by atoms with Crippen LogP contribution in [0, 0.1) is 11.7 Å². The average molecular weight is 394 g/mol. The minimum absolute atomic E-state index is 0.118. The van der Waals surface area contributed by atoms with Crippen molar-refractivity contribution in [2.45, 2.75) is 26.4 Å². The summed E-state index contributed by atoms with van der Waals surface area (Å²) in [6, 6.07) is 9.94. The summed E-state index contributed by atoms with van der Waals surface area (Å²) in [5.41, 5.74) is 0. The van der Waals surface area contributed by atoms with E-state index in [4.69, 9.17) is 4.74 Å². The second-order valence-electron chi connectivity index (χ2n) is 6.41. The number of halogens is 1. The van der Waals surface area contributed by atoms with Crippen LogP contribution in [-0.4, -0.2) is 43.4 Å². The fraction of sp³-hybridized carbons (Fsp3) is 0.450. The van der Waals surface area contributed by atoms with Crippen LogP contribution < -0.4 is 15.4 Å². The maximum absolute atomic E-state index is 12.9. The van der Waals surface area contributed by atoms with Crippen molar-refractivity contribution in [3.63, 3.8) is 0 Å². The molecule has 2 aromatic rings. The zero-order chi connectivity index (χ0) is 19.5. The van der Waals surface area contributed by atoms with Gasteiger partial charge in [-0.3, -0.25) is 4.99 Å². The Bertz CT molecular complexity index is 677. The van der Waals surface area contributed by atoms with E-state index in [9.17, 15) is 9.50 Å². The van der Waals surface area contributed by atoms with Crippen molar-refractivity contribution in [1.82, 2.24) is 10.6 Å². The number of rotatable bonds is 10. The van der Waals surface area contributed by atoms with Gasteiger partial charge >= 0.3 is 0 Å². The van der Waals surface area contributed by atoms with Crippen LogP contribution in [0.25, 0.3) is 0 Å². The molecule has 0 aliphatic rings. The molecule has 2 atom stereocenters. The van der Waals surface area contributed by atoms with Gasteiger partial charge in [0, 0.05) is 24.5 Å². The Morgan fingerprint density at radius 3 is 2.70 bits per heavy atom. The number of hydrogen-bond donors (Lipinski definition) is 3. The van der Waals surface area contributed by atoms with E-state index in [1.807, 2.05) is 6.92 Å². The van der Waals surface area contributed by atoms with Crippen LogP contribution >= 0.6 is 11.3 Å². The fourth-order valence-electron chi connectivity index (χ4n) is 2.42. The summed E-state index contributed by atoms with van der Waals surface area (Å²) in [5.74, 6) is 1.32. The second-order valence-corrected chi connectivity index (χ2v) is 7.44. The third kappa shape index (κ3) is 8.41. The molecule has 0 spiro atoms. The minimum atomic E-state index is -0.706. The SMILES string of the molecule is CCNC(=NCC(C)Cc1cccs1)NCC(O)COc1ccc(F)cc1. The lowest BCUT2D eigenvalue weighted by molar-refractivity contribution is 0.110. The molecular weight excluding hydrogens is 365 g/mol. The molecule has 7 heteroatoms. The lowest BCUT2D eigenvalue weighted by atomic mass is 10.1. The van der Waals surface area contributed by atoms with Crippen molar-refractivity contribution >= 4 is 17.3 Å². The number of aliphatic hydroxyl groups excluding tert-OH is 1. The Labute approximate surface area is 164 Å². The predicted molar refractivity (Wildman–Crippen MR) is 109 cm³/mol. The van der Waals surface area contributed by atoms with Gasteiger partial charge < -0.3 is 20.5 Å². The molecule has 5 nitrogen and oxygen atoms in total. The van der Waals surface area contributed by atoms with Gasteiger partial charge in [-0.1, -0.05) is 13.0 Å². The van der Waals surface area contributed by atoms with E-state index in [0.717, 1.165) is 13.0 Å². The van der Waals surface area contributed by atoms with E-state index < -0.39 is 6.10 Å². The quantitative estimate of drug-likeness (QED) is 0.429. The van der Waals surface area contributed by atoms with Gasteiger partial charge in [-0.05, 0) is 55.0 Å². The molecule has 3 N–H and O–H groups in total. The first kappa shape index (κ1) is 21.2. The van der Waals surface area contributed by atoms with Crippen molar-refractivity contribution in [3.8, 4) is 5.75 Å². The van der Waals surface area contributed by atoms with Gasteiger partial charge in [-0.15, -0.1) is 11.3 Å². The molecule has 1 aromatic heterocycles. The summed E-state index contributed by atoms with van der Waals surface area (Å²) in [6.07, 6.45) is 0.303. The third-order valence-corrected chi connectivity index (χ3v) is 4.69. The van der Waals surface area contributed by atoms with Gasteiger partial charge in [0.05, 0.1) is 0 Å². The molecule has 0 amide bonds. The summed E-state index contributed by atoms with van der Waals surface area (Å²) < 4.78 is 18.3. The van der Waals surface area contributed by atoms with Gasteiger partial charge in [-0.25, -0.2) is 4.39 Å². The van der Waals surface area contributed by atoms with Crippen LogP contribution in [0.1, 0.15) is 18.7 Å². The van der Waals surface area contributed by atoms with E-state index in [1.165, 1.54) is 29.1 Å². The van der Waals surface area contributed by atoms with Crippen LogP contribution in [0.5, 0.6) is 5.75 Å². The smallest absolute Gasteiger partial charge is 0.191 e. The fourth-order valence-corrected chi connectivity index (χ4v) is 3.29. The highest BCUT2D eigenvalue weighted by atomic mass is 32.1. The number of hydrogen-bond acceptors (Lipinski definition) is 4. The van der Waals surface area contributed by atoms with Crippen LogP contribution in [0.2, 0.25) is 0 Å². The van der Waals surface area contributed by atoms with Crippen molar-refractivity contribution in [2.75, 3.05) is 26.2 Å². The molecule has 1 aromatic carbocycles. The van der Waals surface area contributed by atoms with E-state index in [1.54, 1.807) is 11.3 Å². The molecule has 0 fully saturated rings. The Morgan fingerprint density at radius 1 is 1.26 bits per heavy atom. The van der Waals surface area contributed by atoms with E-state index in [-0.39, 0.29) is 12.4 Å². The molecule has 2 rings (SSSR count). The largest absolute Gasteiger partial charge is 0.491 e. The van der Waals surface area contributed by atoms with Gasteiger partial charge in [0.15, 0.2) is 5.96 Å². The van der Waals surface area contributed by atoms with Crippen LogP contribution in [0.4, 0.5) is 4.39 Å². The normalized spacial score (nSPS) is 13.9. The average Bonchev–Trinajstić information content (AvgIpc) is 3.16. The number of nitrogens with one attached hydrogen (secondary N) is 2. The first-order valence-electron chi connectivity index (χ1n) is 9.17. The first-order chi connectivity index (χ1) is 13.1. The molecule has 1 heterocycles. The molecule has 0 bridgehead atoms. The number of guanidine groups is 1. The van der Waals surface area contributed by atoms with Crippen LogP contribution in [0.15, 0.2) is 46.8 Å². The van der Waals surface area contributed by atoms with Gasteiger partial charge in [-0.2, -0.15) is 0 Å². The molecule has 0 aliphatic carbocycles. The third-order valence-electron chi connectivity index (χ3n) is 3.80. The minimum Gasteiger partial charge on any atom is -0.491 e. The number of thiophene rings is 1. The standard InChI is InChI=1S/C20H28FN3O2S/c1-3-22-20(23-12-15(2)11-19-5-4-10-27-19)24-13-17(25)14-26-18-8-6-16(21)7-9-18/h4-10,15,17,25H,3,11-14H2,1-2H3,(H2,22,23,24).